The van der Waals surface area contributed by atoms with Gasteiger partial charge in [0, 0.05) is 53.3 Å². The molecule has 0 saturated carbocycles. The van der Waals surface area contributed by atoms with Crippen LogP contribution in [0.4, 0.5) is 34.1 Å². The minimum absolute atomic E-state index is 0.0519. The second kappa shape index (κ2) is 14.2. The molecule has 0 atom stereocenters. The van der Waals surface area contributed by atoms with Crippen LogP contribution in [-0.4, -0.2) is 6.71 Å². The smallest absolute Gasteiger partial charge is 0.252 e. The van der Waals surface area contributed by atoms with E-state index in [1.165, 1.54) is 134 Å². The zero-order valence-corrected chi connectivity index (χ0v) is 45.3. The number of hydrogen-bond acceptors (Lipinski definition) is 4. The predicted octanol–water partition coefficient (Wildman–Crippen LogP) is 16.8. The van der Waals surface area contributed by atoms with Crippen molar-refractivity contribution in [2.24, 2.45) is 0 Å². The van der Waals surface area contributed by atoms with Crippen LogP contribution < -0.4 is 26.2 Å². The van der Waals surface area contributed by atoms with Gasteiger partial charge < -0.3 is 9.80 Å². The van der Waals surface area contributed by atoms with Gasteiger partial charge in [0.25, 0.3) is 6.71 Å². The maximum Gasteiger partial charge on any atom is 0.252 e. The van der Waals surface area contributed by atoms with Crippen LogP contribution in [0.15, 0.2) is 84.9 Å². The van der Waals surface area contributed by atoms with Gasteiger partial charge in [-0.1, -0.05) is 142 Å². The molecule has 11 rings (SSSR count). The third-order valence-electron chi connectivity index (χ3n) is 16.9. The standard InChI is InChI=1S/C62H73BN2S2/c1-56(2,3)38-29-49-55-50(30-38)65(40-19-18-36-27-53(57(4,5)6)66-51(36)32-40)48-35-52-37(28-54(67-52)58(7,8)9)26-45(48)63(55)46-33-43-44(62(16,17)25-24-61(43,14)15)34-47(46)64(49)39-20-21-41-42(31-39)60(12,13)23-22-59(41,10)11/h18-21,26-35H,22-25H2,1-17H3. The number of anilines is 6. The van der Waals surface area contributed by atoms with Crippen molar-refractivity contribution in [3.63, 3.8) is 0 Å². The van der Waals surface area contributed by atoms with Crippen LogP contribution in [0.3, 0.4) is 0 Å². The average Bonchev–Trinajstić information content (AvgIpc) is 3.87. The monoisotopic (exact) mass is 921 g/mol. The van der Waals surface area contributed by atoms with Gasteiger partial charge in [0.05, 0.1) is 0 Å². The van der Waals surface area contributed by atoms with Gasteiger partial charge in [0.2, 0.25) is 0 Å². The zero-order chi connectivity index (χ0) is 47.9. The summed E-state index contributed by atoms with van der Waals surface area (Å²) in [5.74, 6) is 0. The van der Waals surface area contributed by atoms with Crippen molar-refractivity contribution in [1.29, 1.82) is 0 Å². The number of thiophene rings is 2. The molecule has 0 radical (unpaired) electrons. The Bertz CT molecular complexity index is 3220. The highest BCUT2D eigenvalue weighted by Crippen LogP contribution is 2.54. The maximum atomic E-state index is 2.73. The molecule has 0 N–H and O–H groups in total. The lowest BCUT2D eigenvalue weighted by atomic mass is 9.33. The van der Waals surface area contributed by atoms with Crippen molar-refractivity contribution in [3.8, 4) is 0 Å². The van der Waals surface area contributed by atoms with Crippen LogP contribution in [0.5, 0.6) is 0 Å². The summed E-state index contributed by atoms with van der Waals surface area (Å²) in [6, 6.07) is 35.6. The van der Waals surface area contributed by atoms with E-state index in [0.717, 1.165) is 0 Å². The van der Waals surface area contributed by atoms with E-state index in [0.29, 0.717) is 0 Å². The summed E-state index contributed by atoms with van der Waals surface area (Å²) in [4.78, 5) is 8.28. The summed E-state index contributed by atoms with van der Waals surface area (Å²) in [6.07, 6.45) is 4.76. The van der Waals surface area contributed by atoms with Crippen LogP contribution in [0.25, 0.3) is 20.2 Å². The van der Waals surface area contributed by atoms with Crippen LogP contribution in [-0.2, 0) is 37.9 Å². The lowest BCUT2D eigenvalue weighted by molar-refractivity contribution is 0.332. The van der Waals surface area contributed by atoms with Gasteiger partial charge in [0.1, 0.15) is 0 Å². The zero-order valence-electron chi connectivity index (χ0n) is 43.7. The third kappa shape index (κ3) is 6.96. The molecule has 2 aliphatic carbocycles. The highest BCUT2D eigenvalue weighted by molar-refractivity contribution is 7.19. The Kier molecular flexibility index (Phi) is 9.54. The topological polar surface area (TPSA) is 6.48 Å². The van der Waals surface area contributed by atoms with Gasteiger partial charge in [-0.25, -0.2) is 0 Å². The highest BCUT2D eigenvalue weighted by atomic mass is 32.1. The van der Waals surface area contributed by atoms with E-state index >= 15 is 0 Å². The normalized spacial score (nSPS) is 19.0. The van der Waals surface area contributed by atoms with Crippen molar-refractivity contribution >= 4 is 100 Å². The molecule has 7 aromatic rings. The molecule has 5 heteroatoms. The van der Waals surface area contributed by atoms with Crippen LogP contribution in [0.1, 0.15) is 181 Å². The lowest BCUT2D eigenvalue weighted by Crippen LogP contribution is -2.62. The number of benzene rings is 5. The molecule has 0 spiro atoms. The van der Waals surface area contributed by atoms with Crippen molar-refractivity contribution in [1.82, 2.24) is 0 Å². The Morgan fingerprint density at radius 2 is 0.866 bits per heavy atom. The van der Waals surface area contributed by atoms with Crippen molar-refractivity contribution in [2.75, 3.05) is 9.80 Å². The fourth-order valence-corrected chi connectivity index (χ4v) is 14.5. The second-order valence-corrected chi connectivity index (χ2v) is 29.1. The molecule has 346 valence electrons. The highest BCUT2D eigenvalue weighted by Gasteiger charge is 2.48. The molecule has 5 aromatic carbocycles. The minimum Gasteiger partial charge on any atom is -0.311 e. The maximum absolute atomic E-state index is 2.73. The molecule has 0 bridgehead atoms. The SMILES string of the molecule is CC(C)(C)c1cc2c3c(c1)N(c1ccc4cc(C(C)(C)C)sc4c1)c1cc4sc(C(C)(C)C)cc4cc1B3c1cc3c(cc1N2c1ccc2c(c1)C(C)(C)CCC2(C)C)C(C)(C)CCC3(C)C. The summed E-state index contributed by atoms with van der Waals surface area (Å²) in [6.45, 7) is 41.3. The Balaban J connectivity index is 1.28. The number of nitrogens with zero attached hydrogens (tertiary/aromatic N) is 2. The quantitative estimate of drug-likeness (QED) is 0.159. The van der Waals surface area contributed by atoms with E-state index in [2.05, 4.69) is 212 Å². The van der Waals surface area contributed by atoms with E-state index in [9.17, 15) is 0 Å². The summed E-state index contributed by atoms with van der Waals surface area (Å²) >= 11 is 3.94. The molecule has 2 nitrogen and oxygen atoms in total. The summed E-state index contributed by atoms with van der Waals surface area (Å²) in [5, 5.41) is 2.69. The number of fused-ring (bicyclic) bond motifs is 8. The lowest BCUT2D eigenvalue weighted by Gasteiger charge is -2.48. The van der Waals surface area contributed by atoms with Crippen LogP contribution in [0.2, 0.25) is 0 Å². The predicted molar refractivity (Wildman–Crippen MR) is 298 cm³/mol. The average molecular weight is 921 g/mol. The fraction of sp³-hybridized carbons (Fsp3) is 0.452. The van der Waals surface area contributed by atoms with Gasteiger partial charge in [0.15, 0.2) is 0 Å². The van der Waals surface area contributed by atoms with E-state index in [-0.39, 0.29) is 44.6 Å². The molecule has 2 aliphatic heterocycles. The number of rotatable bonds is 2. The molecule has 0 unspecified atom stereocenters. The minimum atomic E-state index is -0.0959. The molecule has 67 heavy (non-hydrogen) atoms. The van der Waals surface area contributed by atoms with Crippen molar-refractivity contribution < 1.29 is 0 Å². The van der Waals surface area contributed by atoms with Gasteiger partial charge in [-0.05, 0) is 179 Å². The number of hydrogen-bond donors (Lipinski definition) is 0. The van der Waals surface area contributed by atoms with Gasteiger partial charge >= 0.3 is 0 Å². The first-order valence-corrected chi connectivity index (χ1v) is 26.9. The summed E-state index contributed by atoms with van der Waals surface area (Å²) in [7, 11) is 0. The molecular formula is C62H73BN2S2. The Morgan fingerprint density at radius 3 is 1.42 bits per heavy atom. The molecule has 4 aliphatic rings. The summed E-state index contributed by atoms with van der Waals surface area (Å²) < 4.78 is 2.71. The molecular weight excluding hydrogens is 848 g/mol. The van der Waals surface area contributed by atoms with Gasteiger partial charge in [-0.15, -0.1) is 22.7 Å². The van der Waals surface area contributed by atoms with Crippen LogP contribution in [0, 0.1) is 0 Å². The molecule has 0 amide bonds. The Hall–Kier alpha value is -4.32. The first kappa shape index (κ1) is 45.1. The van der Waals surface area contributed by atoms with Crippen LogP contribution >= 0.6 is 22.7 Å². The first-order chi connectivity index (χ1) is 31.0. The Labute approximate surface area is 411 Å². The largest absolute Gasteiger partial charge is 0.311 e. The molecule has 0 fully saturated rings. The van der Waals surface area contributed by atoms with Gasteiger partial charge in [-0.3, -0.25) is 0 Å². The third-order valence-corrected chi connectivity index (χ3v) is 19.9. The van der Waals surface area contributed by atoms with E-state index in [1.54, 1.807) is 0 Å². The van der Waals surface area contributed by atoms with Gasteiger partial charge in [-0.2, -0.15) is 0 Å². The second-order valence-electron chi connectivity index (χ2n) is 26.9. The van der Waals surface area contributed by atoms with Crippen molar-refractivity contribution in [2.45, 2.75) is 181 Å². The Morgan fingerprint density at radius 1 is 0.418 bits per heavy atom. The van der Waals surface area contributed by atoms with E-state index in [4.69, 9.17) is 0 Å². The van der Waals surface area contributed by atoms with Crippen molar-refractivity contribution in [3.05, 3.63) is 123 Å². The summed E-state index contributed by atoms with van der Waals surface area (Å²) in [5.41, 5.74) is 19.9. The molecule has 4 heterocycles. The fourth-order valence-electron chi connectivity index (χ4n) is 12.2. The van der Waals surface area contributed by atoms with E-state index in [1.807, 2.05) is 22.7 Å². The first-order valence-electron chi connectivity index (χ1n) is 25.3. The molecule has 2 aromatic heterocycles. The molecule has 0 saturated heterocycles. The van der Waals surface area contributed by atoms with E-state index < -0.39 is 0 Å².